The summed E-state index contributed by atoms with van der Waals surface area (Å²) in [7, 11) is -3.73. The number of sulfonamides is 1. The van der Waals surface area contributed by atoms with E-state index in [2.05, 4.69) is 11.6 Å². The highest BCUT2D eigenvalue weighted by molar-refractivity contribution is 7.90. The van der Waals surface area contributed by atoms with Crippen molar-refractivity contribution in [1.82, 2.24) is 4.72 Å². The van der Waals surface area contributed by atoms with Crippen LogP contribution >= 0.6 is 0 Å². The first-order valence-corrected chi connectivity index (χ1v) is 9.06. The van der Waals surface area contributed by atoms with Crippen LogP contribution in [0.3, 0.4) is 0 Å². The Morgan fingerprint density at radius 2 is 1.57 bits per heavy atom. The van der Waals surface area contributed by atoms with Gasteiger partial charge in [0.1, 0.15) is 0 Å². The highest BCUT2D eigenvalue weighted by Crippen LogP contribution is 2.11. The third-order valence-electron chi connectivity index (χ3n) is 3.34. The molecule has 1 aromatic carbocycles. The van der Waals surface area contributed by atoms with Gasteiger partial charge in [-0.25, -0.2) is 13.1 Å². The van der Waals surface area contributed by atoms with Gasteiger partial charge in [-0.05, 0) is 25.5 Å². The SMILES string of the molecule is CCCCCCCCC(=O)NS(=O)(=O)c1ccc(C)cc1. The summed E-state index contributed by atoms with van der Waals surface area (Å²) in [6.07, 6.45) is 6.66. The molecule has 0 aromatic heterocycles. The van der Waals surface area contributed by atoms with Gasteiger partial charge >= 0.3 is 0 Å². The second kappa shape index (κ2) is 8.82. The maximum Gasteiger partial charge on any atom is 0.264 e. The van der Waals surface area contributed by atoms with Gasteiger partial charge in [-0.2, -0.15) is 0 Å². The van der Waals surface area contributed by atoms with Gasteiger partial charge in [-0.1, -0.05) is 56.7 Å². The Bertz CT molecular complexity index is 535. The van der Waals surface area contributed by atoms with Crippen molar-refractivity contribution in [2.75, 3.05) is 0 Å². The zero-order valence-corrected chi connectivity index (χ0v) is 13.7. The molecule has 1 amide bonds. The smallest absolute Gasteiger partial charge is 0.264 e. The molecular formula is C16H25NO3S. The maximum atomic E-state index is 12.0. The van der Waals surface area contributed by atoms with Crippen molar-refractivity contribution >= 4 is 15.9 Å². The minimum atomic E-state index is -3.73. The van der Waals surface area contributed by atoms with Crippen molar-refractivity contribution < 1.29 is 13.2 Å². The highest BCUT2D eigenvalue weighted by atomic mass is 32.2. The zero-order chi connectivity index (χ0) is 15.7. The van der Waals surface area contributed by atoms with Gasteiger partial charge in [-0.3, -0.25) is 4.79 Å². The molecule has 0 bridgehead atoms. The van der Waals surface area contributed by atoms with Gasteiger partial charge < -0.3 is 0 Å². The molecule has 1 aromatic rings. The predicted molar refractivity (Wildman–Crippen MR) is 84.5 cm³/mol. The number of nitrogens with one attached hydrogen (secondary N) is 1. The molecule has 1 N–H and O–H groups in total. The van der Waals surface area contributed by atoms with Crippen molar-refractivity contribution in [3.8, 4) is 0 Å². The summed E-state index contributed by atoms with van der Waals surface area (Å²) in [5, 5.41) is 0. The number of carbonyl (C=O) groups is 1. The third-order valence-corrected chi connectivity index (χ3v) is 4.73. The van der Waals surface area contributed by atoms with E-state index in [0.717, 1.165) is 24.8 Å². The molecule has 0 saturated heterocycles. The van der Waals surface area contributed by atoms with Crippen LogP contribution in [0.25, 0.3) is 0 Å². The van der Waals surface area contributed by atoms with Gasteiger partial charge in [0.15, 0.2) is 0 Å². The summed E-state index contributed by atoms with van der Waals surface area (Å²) in [5.74, 6) is -0.425. The minimum absolute atomic E-state index is 0.129. The Morgan fingerprint density at radius 1 is 1.00 bits per heavy atom. The van der Waals surface area contributed by atoms with E-state index in [4.69, 9.17) is 0 Å². The van der Waals surface area contributed by atoms with E-state index in [1.807, 2.05) is 6.92 Å². The normalized spacial score (nSPS) is 11.3. The Hall–Kier alpha value is -1.36. The first-order valence-electron chi connectivity index (χ1n) is 7.58. The van der Waals surface area contributed by atoms with E-state index in [0.29, 0.717) is 0 Å². The number of hydrogen-bond acceptors (Lipinski definition) is 3. The molecular weight excluding hydrogens is 286 g/mol. The number of rotatable bonds is 9. The standard InChI is InChI=1S/C16H25NO3S/c1-3-4-5-6-7-8-9-16(18)17-21(19,20)15-12-10-14(2)11-13-15/h10-13H,3-9H2,1-2H3,(H,17,18). The molecule has 0 atom stereocenters. The fourth-order valence-electron chi connectivity index (χ4n) is 2.04. The molecule has 118 valence electrons. The van der Waals surface area contributed by atoms with E-state index in [1.165, 1.54) is 31.4 Å². The second-order valence-electron chi connectivity index (χ2n) is 5.36. The monoisotopic (exact) mass is 311 g/mol. The molecule has 0 aliphatic rings. The first kappa shape index (κ1) is 17.7. The third kappa shape index (κ3) is 6.76. The minimum Gasteiger partial charge on any atom is -0.274 e. The van der Waals surface area contributed by atoms with Crippen LogP contribution in [0, 0.1) is 6.92 Å². The summed E-state index contributed by atoms with van der Waals surface area (Å²) < 4.78 is 26.1. The number of unbranched alkanes of at least 4 members (excludes halogenated alkanes) is 5. The fourth-order valence-corrected chi connectivity index (χ4v) is 3.06. The molecule has 0 aliphatic heterocycles. The first-order chi connectivity index (χ1) is 9.95. The van der Waals surface area contributed by atoms with Gasteiger partial charge in [0.25, 0.3) is 10.0 Å². The average molecular weight is 311 g/mol. The number of hydrogen-bond donors (Lipinski definition) is 1. The molecule has 0 saturated carbocycles. The van der Waals surface area contributed by atoms with Crippen molar-refractivity contribution in [3.05, 3.63) is 29.8 Å². The molecule has 1 rings (SSSR count). The quantitative estimate of drug-likeness (QED) is 0.709. The molecule has 0 fully saturated rings. The van der Waals surface area contributed by atoms with E-state index in [1.54, 1.807) is 12.1 Å². The molecule has 4 nitrogen and oxygen atoms in total. The van der Waals surface area contributed by atoms with Gasteiger partial charge in [0.2, 0.25) is 5.91 Å². The number of amides is 1. The van der Waals surface area contributed by atoms with Crippen LogP contribution in [0.15, 0.2) is 29.2 Å². The summed E-state index contributed by atoms with van der Waals surface area (Å²) in [6.45, 7) is 4.04. The van der Waals surface area contributed by atoms with Gasteiger partial charge in [0.05, 0.1) is 4.90 Å². The van der Waals surface area contributed by atoms with E-state index in [9.17, 15) is 13.2 Å². The Kier molecular flexibility index (Phi) is 7.43. The van der Waals surface area contributed by atoms with Gasteiger partial charge in [0, 0.05) is 6.42 Å². The molecule has 0 unspecified atom stereocenters. The van der Waals surface area contributed by atoms with Crippen LogP contribution in [-0.2, 0) is 14.8 Å². The Morgan fingerprint density at radius 3 is 2.19 bits per heavy atom. The molecule has 0 heterocycles. The molecule has 5 heteroatoms. The highest BCUT2D eigenvalue weighted by Gasteiger charge is 2.16. The van der Waals surface area contributed by atoms with Crippen LogP contribution in [0.4, 0.5) is 0 Å². The number of carbonyl (C=O) groups excluding carboxylic acids is 1. The summed E-state index contributed by atoms with van der Waals surface area (Å²) in [6, 6.07) is 6.45. The van der Waals surface area contributed by atoms with Crippen molar-refractivity contribution in [2.45, 2.75) is 63.7 Å². The second-order valence-corrected chi connectivity index (χ2v) is 7.04. The zero-order valence-electron chi connectivity index (χ0n) is 12.9. The summed E-state index contributed by atoms with van der Waals surface area (Å²) in [4.78, 5) is 11.8. The maximum absolute atomic E-state index is 12.0. The van der Waals surface area contributed by atoms with Crippen LogP contribution in [0.2, 0.25) is 0 Å². The van der Waals surface area contributed by atoms with Gasteiger partial charge in [-0.15, -0.1) is 0 Å². The lowest BCUT2D eigenvalue weighted by atomic mass is 10.1. The van der Waals surface area contributed by atoms with Crippen LogP contribution in [-0.4, -0.2) is 14.3 Å². The summed E-state index contributed by atoms with van der Waals surface area (Å²) in [5.41, 5.74) is 0.979. The van der Waals surface area contributed by atoms with Crippen molar-refractivity contribution in [1.29, 1.82) is 0 Å². The van der Waals surface area contributed by atoms with Crippen LogP contribution < -0.4 is 4.72 Å². The summed E-state index contributed by atoms with van der Waals surface area (Å²) >= 11 is 0. The molecule has 0 aliphatic carbocycles. The average Bonchev–Trinajstić information content (AvgIpc) is 2.42. The van der Waals surface area contributed by atoms with Crippen LogP contribution in [0.1, 0.15) is 57.4 Å². The lowest BCUT2D eigenvalue weighted by molar-refractivity contribution is -0.119. The van der Waals surface area contributed by atoms with Crippen LogP contribution in [0.5, 0.6) is 0 Å². The largest absolute Gasteiger partial charge is 0.274 e. The predicted octanol–water partition coefficient (Wildman–Crippen LogP) is 3.55. The Labute approximate surface area is 128 Å². The molecule has 21 heavy (non-hydrogen) atoms. The lowest BCUT2D eigenvalue weighted by Crippen LogP contribution is -2.30. The molecule has 0 radical (unpaired) electrons. The van der Waals surface area contributed by atoms with E-state index in [-0.39, 0.29) is 11.3 Å². The lowest BCUT2D eigenvalue weighted by Gasteiger charge is -2.07. The topological polar surface area (TPSA) is 63.2 Å². The van der Waals surface area contributed by atoms with E-state index < -0.39 is 15.9 Å². The number of aryl methyl sites for hydroxylation is 1. The van der Waals surface area contributed by atoms with E-state index >= 15 is 0 Å². The number of benzene rings is 1. The Balaban J connectivity index is 2.38. The van der Waals surface area contributed by atoms with Crippen molar-refractivity contribution in [3.63, 3.8) is 0 Å². The van der Waals surface area contributed by atoms with Crippen molar-refractivity contribution in [2.24, 2.45) is 0 Å². The molecule has 0 spiro atoms. The fraction of sp³-hybridized carbons (Fsp3) is 0.562.